The zero-order valence-electron chi connectivity index (χ0n) is 11.3. The maximum absolute atomic E-state index is 11.7. The number of carbonyl (C=O) groups is 1. The maximum atomic E-state index is 11.7. The summed E-state index contributed by atoms with van der Waals surface area (Å²) in [4.78, 5) is 15.6. The molecule has 0 bridgehead atoms. The third-order valence-electron chi connectivity index (χ3n) is 3.55. The highest BCUT2D eigenvalue weighted by Gasteiger charge is 2.29. The predicted molar refractivity (Wildman–Crippen MR) is 79.3 cm³/mol. The minimum atomic E-state index is -0.734. The first-order valence-corrected chi connectivity index (χ1v) is 7.25. The molecule has 0 aromatic carbocycles. The Morgan fingerprint density at radius 1 is 1.45 bits per heavy atom. The first kappa shape index (κ1) is 15.0. The van der Waals surface area contributed by atoms with Crippen molar-refractivity contribution in [2.75, 3.05) is 6.54 Å². The van der Waals surface area contributed by atoms with Crippen LogP contribution in [0.15, 0.2) is 24.4 Å². The van der Waals surface area contributed by atoms with Gasteiger partial charge in [0.1, 0.15) is 5.15 Å². The molecule has 0 unspecified atom stereocenters. The van der Waals surface area contributed by atoms with Gasteiger partial charge >= 0.3 is 0 Å². The van der Waals surface area contributed by atoms with E-state index in [2.05, 4.69) is 10.3 Å². The molecule has 108 valence electrons. The summed E-state index contributed by atoms with van der Waals surface area (Å²) in [5.74, 6) is -0.211. The Balaban J connectivity index is 1.83. The fraction of sp³-hybridized carbons (Fsp3) is 0.467. The summed E-state index contributed by atoms with van der Waals surface area (Å²) in [6, 6.07) is 3.45. The van der Waals surface area contributed by atoms with E-state index in [4.69, 9.17) is 11.6 Å². The number of aromatic nitrogens is 1. The van der Waals surface area contributed by atoms with Gasteiger partial charge in [-0.1, -0.05) is 30.9 Å². The van der Waals surface area contributed by atoms with Crippen molar-refractivity contribution in [2.45, 2.75) is 37.7 Å². The van der Waals surface area contributed by atoms with Crippen LogP contribution in [0.2, 0.25) is 5.15 Å². The van der Waals surface area contributed by atoms with Crippen molar-refractivity contribution < 1.29 is 9.90 Å². The van der Waals surface area contributed by atoms with Gasteiger partial charge < -0.3 is 10.4 Å². The monoisotopic (exact) mass is 294 g/mol. The Hall–Kier alpha value is -1.39. The summed E-state index contributed by atoms with van der Waals surface area (Å²) in [6.07, 6.45) is 9.44. The summed E-state index contributed by atoms with van der Waals surface area (Å²) < 4.78 is 0. The molecule has 0 atom stereocenters. The van der Waals surface area contributed by atoms with Crippen molar-refractivity contribution in [3.8, 4) is 0 Å². The standard InChI is InChI=1S/C15H19ClN2O2/c16-13-10-12(6-9-17-13)4-5-14(19)18-11-15(20)7-2-1-3-8-15/h4-6,9-10,20H,1-3,7-8,11H2,(H,18,19)/b5-4+. The first-order chi connectivity index (χ1) is 9.57. The molecule has 0 aliphatic heterocycles. The molecule has 1 fully saturated rings. The van der Waals surface area contributed by atoms with Gasteiger partial charge in [-0.15, -0.1) is 0 Å². The van der Waals surface area contributed by atoms with Crippen LogP contribution in [0.4, 0.5) is 0 Å². The van der Waals surface area contributed by atoms with Gasteiger partial charge in [0.15, 0.2) is 0 Å². The van der Waals surface area contributed by atoms with Gasteiger partial charge in [-0.05, 0) is 36.6 Å². The van der Waals surface area contributed by atoms with Crippen molar-refractivity contribution in [3.05, 3.63) is 35.1 Å². The smallest absolute Gasteiger partial charge is 0.244 e. The molecule has 1 saturated carbocycles. The van der Waals surface area contributed by atoms with Crippen molar-refractivity contribution in [1.29, 1.82) is 0 Å². The van der Waals surface area contributed by atoms with E-state index in [-0.39, 0.29) is 5.91 Å². The highest BCUT2D eigenvalue weighted by Crippen LogP contribution is 2.27. The zero-order chi connectivity index (χ0) is 14.4. The van der Waals surface area contributed by atoms with Gasteiger partial charge in [0.05, 0.1) is 5.60 Å². The lowest BCUT2D eigenvalue weighted by Crippen LogP contribution is -2.43. The molecular formula is C15H19ClN2O2. The second kappa shape index (κ2) is 6.86. The fourth-order valence-corrected chi connectivity index (χ4v) is 2.57. The van der Waals surface area contributed by atoms with Crippen LogP contribution in [0.25, 0.3) is 6.08 Å². The summed E-state index contributed by atoms with van der Waals surface area (Å²) in [5.41, 5.74) is 0.0818. The van der Waals surface area contributed by atoms with E-state index in [9.17, 15) is 9.90 Å². The number of carbonyl (C=O) groups excluding carboxylic acids is 1. The second-order valence-corrected chi connectivity index (χ2v) is 5.64. The molecule has 1 amide bonds. The highest BCUT2D eigenvalue weighted by molar-refractivity contribution is 6.29. The average molecular weight is 295 g/mol. The third kappa shape index (κ3) is 4.62. The van der Waals surface area contributed by atoms with E-state index in [1.54, 1.807) is 24.4 Å². The lowest BCUT2D eigenvalue weighted by Gasteiger charge is -2.31. The number of pyridine rings is 1. The van der Waals surface area contributed by atoms with Crippen molar-refractivity contribution in [2.24, 2.45) is 0 Å². The number of rotatable bonds is 4. The lowest BCUT2D eigenvalue weighted by atomic mass is 9.85. The van der Waals surface area contributed by atoms with Crippen LogP contribution in [0.5, 0.6) is 0 Å². The van der Waals surface area contributed by atoms with Gasteiger partial charge in [-0.2, -0.15) is 0 Å². The number of hydrogen-bond acceptors (Lipinski definition) is 3. The van der Waals surface area contributed by atoms with Crippen LogP contribution in [0.3, 0.4) is 0 Å². The van der Waals surface area contributed by atoms with Crippen molar-refractivity contribution in [1.82, 2.24) is 10.3 Å². The van der Waals surface area contributed by atoms with Crippen molar-refractivity contribution in [3.63, 3.8) is 0 Å². The van der Waals surface area contributed by atoms with Gasteiger partial charge in [0, 0.05) is 18.8 Å². The zero-order valence-corrected chi connectivity index (χ0v) is 12.1. The summed E-state index contributed by atoms with van der Waals surface area (Å²) in [5, 5.41) is 13.4. The SMILES string of the molecule is O=C(/C=C/c1ccnc(Cl)c1)NCC1(O)CCCCC1. The van der Waals surface area contributed by atoms with E-state index >= 15 is 0 Å². The van der Waals surface area contributed by atoms with Gasteiger partial charge in [0.25, 0.3) is 0 Å². The second-order valence-electron chi connectivity index (χ2n) is 5.25. The van der Waals surface area contributed by atoms with Crippen LogP contribution in [0.1, 0.15) is 37.7 Å². The van der Waals surface area contributed by atoms with Gasteiger partial charge in [0.2, 0.25) is 5.91 Å². The molecule has 0 radical (unpaired) electrons. The Labute approximate surface area is 123 Å². The number of aliphatic hydroxyl groups is 1. The molecule has 1 aliphatic rings. The van der Waals surface area contributed by atoms with E-state index in [0.717, 1.165) is 31.2 Å². The normalized spacial score (nSPS) is 18.1. The molecule has 2 rings (SSSR count). The summed E-state index contributed by atoms with van der Waals surface area (Å²) >= 11 is 5.76. The number of halogens is 1. The van der Waals surface area contributed by atoms with E-state index < -0.39 is 5.60 Å². The van der Waals surface area contributed by atoms with Crippen LogP contribution < -0.4 is 5.32 Å². The quantitative estimate of drug-likeness (QED) is 0.663. The minimum absolute atomic E-state index is 0.211. The third-order valence-corrected chi connectivity index (χ3v) is 3.76. The number of hydrogen-bond donors (Lipinski definition) is 2. The number of nitrogens with one attached hydrogen (secondary N) is 1. The first-order valence-electron chi connectivity index (χ1n) is 6.87. The Morgan fingerprint density at radius 2 is 2.20 bits per heavy atom. The molecule has 0 spiro atoms. The Bertz CT molecular complexity index is 496. The Morgan fingerprint density at radius 3 is 2.90 bits per heavy atom. The topological polar surface area (TPSA) is 62.2 Å². The van der Waals surface area contributed by atoms with Crippen molar-refractivity contribution >= 4 is 23.6 Å². The number of amides is 1. The molecule has 5 heteroatoms. The largest absolute Gasteiger partial charge is 0.388 e. The summed E-state index contributed by atoms with van der Waals surface area (Å²) in [6.45, 7) is 0.313. The molecule has 4 nitrogen and oxygen atoms in total. The van der Waals surface area contributed by atoms with E-state index in [1.807, 2.05) is 0 Å². The molecule has 2 N–H and O–H groups in total. The highest BCUT2D eigenvalue weighted by atomic mass is 35.5. The molecule has 1 aliphatic carbocycles. The Kier molecular flexibility index (Phi) is 5.15. The van der Waals surface area contributed by atoms with Crippen LogP contribution in [-0.4, -0.2) is 28.1 Å². The van der Waals surface area contributed by atoms with Crippen LogP contribution in [0, 0.1) is 0 Å². The average Bonchev–Trinajstić information content (AvgIpc) is 2.44. The van der Waals surface area contributed by atoms with E-state index in [0.29, 0.717) is 11.7 Å². The molecule has 20 heavy (non-hydrogen) atoms. The maximum Gasteiger partial charge on any atom is 0.244 e. The van der Waals surface area contributed by atoms with Gasteiger partial charge in [-0.25, -0.2) is 4.98 Å². The summed E-state index contributed by atoms with van der Waals surface area (Å²) in [7, 11) is 0. The molecule has 1 aromatic rings. The van der Waals surface area contributed by atoms with Crippen LogP contribution in [-0.2, 0) is 4.79 Å². The fourth-order valence-electron chi connectivity index (χ4n) is 2.39. The molecular weight excluding hydrogens is 276 g/mol. The predicted octanol–water partition coefficient (Wildman–Crippen LogP) is 2.56. The van der Waals surface area contributed by atoms with E-state index in [1.165, 1.54) is 12.5 Å². The molecule has 1 aromatic heterocycles. The lowest BCUT2D eigenvalue weighted by molar-refractivity contribution is -0.118. The minimum Gasteiger partial charge on any atom is -0.388 e. The molecule has 0 saturated heterocycles. The number of nitrogens with zero attached hydrogens (tertiary/aromatic N) is 1. The van der Waals surface area contributed by atoms with Gasteiger partial charge in [-0.3, -0.25) is 4.79 Å². The van der Waals surface area contributed by atoms with Crippen LogP contribution >= 0.6 is 11.6 Å². The molecule has 1 heterocycles.